The minimum absolute atomic E-state index is 0.309. The van der Waals surface area contributed by atoms with Crippen LogP contribution in [0.2, 0.25) is 0 Å². The minimum atomic E-state index is -4.42. The number of alkyl halides is 3. The molecule has 0 bridgehead atoms. The van der Waals surface area contributed by atoms with Crippen LogP contribution in [0.4, 0.5) is 13.2 Å². The Labute approximate surface area is 216 Å². The zero-order valence-corrected chi connectivity index (χ0v) is 21.0. The Hall–Kier alpha value is -3.12. The van der Waals surface area contributed by atoms with E-state index in [4.69, 9.17) is 0 Å². The minimum Gasteiger partial charge on any atom is -0.326 e. The van der Waals surface area contributed by atoms with E-state index in [-0.39, 0.29) is 0 Å². The zero-order chi connectivity index (χ0) is 25.8. The van der Waals surface area contributed by atoms with Crippen LogP contribution in [0.1, 0.15) is 59.5 Å². The molecular formula is C31H33F3N2O. The zero-order valence-electron chi connectivity index (χ0n) is 21.0. The molecule has 1 aliphatic heterocycles. The maximum atomic E-state index is 13.3. The SMILES string of the molecule is O=C(c1ccccc1)N(CC(F)(F)F)C1CCN(CCCCC2c3ccccc3-c3ccccc32)CC1. The highest BCUT2D eigenvalue weighted by atomic mass is 19.4. The number of hydrogen-bond acceptors (Lipinski definition) is 2. The van der Waals surface area contributed by atoms with Gasteiger partial charge >= 0.3 is 6.18 Å². The van der Waals surface area contributed by atoms with E-state index in [2.05, 4.69) is 53.4 Å². The van der Waals surface area contributed by atoms with Crippen molar-refractivity contribution in [2.75, 3.05) is 26.2 Å². The fourth-order valence-corrected chi connectivity index (χ4v) is 6.02. The summed E-state index contributed by atoms with van der Waals surface area (Å²) in [6.45, 7) is 1.18. The molecule has 3 aromatic rings. The van der Waals surface area contributed by atoms with Crippen molar-refractivity contribution in [3.05, 3.63) is 95.6 Å². The van der Waals surface area contributed by atoms with Crippen LogP contribution in [0.25, 0.3) is 11.1 Å². The molecule has 1 fully saturated rings. The van der Waals surface area contributed by atoms with Gasteiger partial charge in [-0.1, -0.05) is 73.2 Å². The summed E-state index contributed by atoms with van der Waals surface area (Å²) in [5, 5.41) is 0. The highest BCUT2D eigenvalue weighted by molar-refractivity contribution is 5.94. The molecule has 3 aromatic carbocycles. The Balaban J connectivity index is 1.13. The molecule has 0 unspecified atom stereocenters. The molecule has 37 heavy (non-hydrogen) atoms. The average Bonchev–Trinajstić information content (AvgIpc) is 3.23. The molecule has 6 heteroatoms. The molecule has 0 atom stereocenters. The van der Waals surface area contributed by atoms with Crippen LogP contribution in [0, 0.1) is 0 Å². The van der Waals surface area contributed by atoms with Crippen LogP contribution in [-0.4, -0.2) is 54.1 Å². The van der Waals surface area contributed by atoms with E-state index in [1.165, 1.54) is 22.3 Å². The van der Waals surface area contributed by atoms with Gasteiger partial charge in [-0.15, -0.1) is 0 Å². The molecule has 5 rings (SSSR count). The number of benzene rings is 3. The molecule has 0 saturated carbocycles. The van der Waals surface area contributed by atoms with Gasteiger partial charge in [0.25, 0.3) is 5.91 Å². The van der Waals surface area contributed by atoms with Crippen molar-refractivity contribution in [2.45, 2.75) is 50.2 Å². The molecule has 2 aliphatic rings. The number of amides is 1. The van der Waals surface area contributed by atoms with Gasteiger partial charge in [0.2, 0.25) is 0 Å². The topological polar surface area (TPSA) is 23.6 Å². The Kier molecular flexibility index (Phi) is 7.65. The molecular weight excluding hydrogens is 473 g/mol. The van der Waals surface area contributed by atoms with Crippen LogP contribution in [0.5, 0.6) is 0 Å². The fraction of sp³-hybridized carbons (Fsp3) is 0.387. The molecule has 1 heterocycles. The lowest BCUT2D eigenvalue weighted by molar-refractivity contribution is -0.146. The van der Waals surface area contributed by atoms with Crippen LogP contribution < -0.4 is 0 Å². The lowest BCUT2D eigenvalue weighted by atomic mass is 9.91. The van der Waals surface area contributed by atoms with E-state index in [0.29, 0.717) is 24.3 Å². The van der Waals surface area contributed by atoms with Gasteiger partial charge in [0.1, 0.15) is 6.54 Å². The number of fused-ring (bicyclic) bond motifs is 3. The third-order valence-corrected chi connectivity index (χ3v) is 7.81. The first kappa shape index (κ1) is 25.5. The van der Waals surface area contributed by atoms with Crippen LogP contribution in [0.15, 0.2) is 78.9 Å². The highest BCUT2D eigenvalue weighted by Crippen LogP contribution is 2.46. The standard InChI is InChI=1S/C31H33F3N2O/c32-31(33,34)22-36(30(37)23-10-2-1-3-11-23)24-17-20-35(21-18-24)19-9-8-16-29-27-14-6-4-12-25(27)26-13-5-7-15-28(26)29/h1-7,10-15,24,29H,8-9,16-22H2. The van der Waals surface area contributed by atoms with E-state index < -0.39 is 24.7 Å². The van der Waals surface area contributed by atoms with Crippen LogP contribution in [-0.2, 0) is 0 Å². The normalized spacial score (nSPS) is 16.4. The van der Waals surface area contributed by atoms with E-state index in [1.54, 1.807) is 30.3 Å². The Bertz CT molecular complexity index is 1160. The second-order valence-electron chi connectivity index (χ2n) is 10.2. The molecule has 0 N–H and O–H groups in total. The fourth-order valence-electron chi connectivity index (χ4n) is 6.02. The summed E-state index contributed by atoms with van der Waals surface area (Å²) >= 11 is 0. The van der Waals surface area contributed by atoms with Gasteiger partial charge in [0.15, 0.2) is 0 Å². The third-order valence-electron chi connectivity index (χ3n) is 7.81. The second kappa shape index (κ2) is 11.1. The lowest BCUT2D eigenvalue weighted by Gasteiger charge is -2.39. The number of carbonyl (C=O) groups excluding carboxylic acids is 1. The van der Waals surface area contributed by atoms with Gasteiger partial charge in [0, 0.05) is 30.6 Å². The summed E-state index contributed by atoms with van der Waals surface area (Å²) in [4.78, 5) is 16.3. The number of nitrogens with zero attached hydrogens (tertiary/aromatic N) is 2. The number of piperidine rings is 1. The maximum absolute atomic E-state index is 13.3. The van der Waals surface area contributed by atoms with Crippen molar-refractivity contribution in [3.63, 3.8) is 0 Å². The number of unbranched alkanes of at least 4 members (excludes halogenated alkanes) is 1. The highest BCUT2D eigenvalue weighted by Gasteiger charge is 2.38. The van der Waals surface area contributed by atoms with Crippen molar-refractivity contribution < 1.29 is 18.0 Å². The van der Waals surface area contributed by atoms with Crippen molar-refractivity contribution >= 4 is 5.91 Å². The summed E-state index contributed by atoms with van der Waals surface area (Å²) in [6.07, 6.45) is -0.0365. The van der Waals surface area contributed by atoms with E-state index in [1.807, 2.05) is 0 Å². The Morgan fingerprint density at radius 1 is 0.811 bits per heavy atom. The smallest absolute Gasteiger partial charge is 0.326 e. The van der Waals surface area contributed by atoms with Gasteiger partial charge in [-0.05, 0) is 66.6 Å². The first-order valence-corrected chi connectivity index (χ1v) is 13.2. The molecule has 0 radical (unpaired) electrons. The number of hydrogen-bond donors (Lipinski definition) is 0. The van der Waals surface area contributed by atoms with E-state index >= 15 is 0 Å². The summed E-state index contributed by atoms with van der Waals surface area (Å²) in [7, 11) is 0. The largest absolute Gasteiger partial charge is 0.406 e. The molecule has 3 nitrogen and oxygen atoms in total. The predicted octanol–water partition coefficient (Wildman–Crippen LogP) is 7.14. The van der Waals surface area contributed by atoms with Crippen molar-refractivity contribution in [2.24, 2.45) is 0 Å². The van der Waals surface area contributed by atoms with Gasteiger partial charge in [-0.2, -0.15) is 13.2 Å². The van der Waals surface area contributed by atoms with Gasteiger partial charge in [-0.25, -0.2) is 0 Å². The quantitative estimate of drug-likeness (QED) is 0.303. The number of likely N-dealkylation sites (tertiary alicyclic amines) is 1. The molecule has 194 valence electrons. The Morgan fingerprint density at radius 3 is 1.97 bits per heavy atom. The lowest BCUT2D eigenvalue weighted by Crippen LogP contribution is -2.50. The predicted molar refractivity (Wildman–Crippen MR) is 141 cm³/mol. The maximum Gasteiger partial charge on any atom is 0.406 e. The van der Waals surface area contributed by atoms with Crippen molar-refractivity contribution in [3.8, 4) is 11.1 Å². The van der Waals surface area contributed by atoms with E-state index in [0.717, 1.165) is 43.8 Å². The molecule has 1 amide bonds. The molecule has 1 saturated heterocycles. The first-order chi connectivity index (χ1) is 17.9. The molecule has 1 aliphatic carbocycles. The van der Waals surface area contributed by atoms with Crippen LogP contribution >= 0.6 is 0 Å². The Morgan fingerprint density at radius 2 is 1.38 bits per heavy atom. The van der Waals surface area contributed by atoms with Gasteiger partial charge < -0.3 is 9.80 Å². The summed E-state index contributed by atoms with van der Waals surface area (Å²) < 4.78 is 40.0. The summed E-state index contributed by atoms with van der Waals surface area (Å²) in [5.74, 6) is -0.105. The van der Waals surface area contributed by atoms with E-state index in [9.17, 15) is 18.0 Å². The average molecular weight is 507 g/mol. The number of carbonyl (C=O) groups is 1. The number of halogens is 3. The molecule has 0 aromatic heterocycles. The monoisotopic (exact) mass is 506 g/mol. The van der Waals surface area contributed by atoms with Gasteiger partial charge in [-0.3, -0.25) is 4.79 Å². The van der Waals surface area contributed by atoms with Crippen molar-refractivity contribution in [1.29, 1.82) is 0 Å². The first-order valence-electron chi connectivity index (χ1n) is 13.2. The third kappa shape index (κ3) is 5.90. The van der Waals surface area contributed by atoms with Crippen LogP contribution in [0.3, 0.4) is 0 Å². The van der Waals surface area contributed by atoms with Crippen molar-refractivity contribution in [1.82, 2.24) is 9.80 Å². The number of rotatable bonds is 8. The summed E-state index contributed by atoms with van der Waals surface area (Å²) in [6, 6.07) is 25.3. The summed E-state index contributed by atoms with van der Waals surface area (Å²) in [5.41, 5.74) is 5.83. The second-order valence-corrected chi connectivity index (χ2v) is 10.2. The molecule has 0 spiro atoms. The van der Waals surface area contributed by atoms with Gasteiger partial charge in [0.05, 0.1) is 0 Å².